The van der Waals surface area contributed by atoms with Crippen molar-refractivity contribution in [2.24, 2.45) is 0 Å². The number of pyridine rings is 1. The molecule has 0 spiro atoms. The molecule has 2 N–H and O–H groups in total. The Morgan fingerprint density at radius 1 is 1.21 bits per heavy atom. The molecule has 2 atom stereocenters. The predicted octanol–water partition coefficient (Wildman–Crippen LogP) is 3.78. The van der Waals surface area contributed by atoms with Gasteiger partial charge in [-0.2, -0.15) is 0 Å². The zero-order valence-corrected chi connectivity index (χ0v) is 21.7. The summed E-state index contributed by atoms with van der Waals surface area (Å²) >= 11 is 6.09. The second-order valence-electron chi connectivity index (χ2n) is 9.05. The van der Waals surface area contributed by atoms with Gasteiger partial charge in [0.25, 0.3) is 0 Å². The molecule has 9 nitrogen and oxygen atoms in total. The normalized spacial score (nSPS) is 15.2. The molecule has 3 aromatic rings. The van der Waals surface area contributed by atoms with Gasteiger partial charge in [0.05, 0.1) is 36.3 Å². The van der Waals surface area contributed by atoms with Gasteiger partial charge in [0, 0.05) is 55.5 Å². The van der Waals surface area contributed by atoms with Crippen LogP contribution in [0.4, 0.5) is 4.39 Å². The first-order valence-corrected chi connectivity index (χ1v) is 12.4. The second-order valence-corrected chi connectivity index (χ2v) is 9.46. The Morgan fingerprint density at radius 3 is 2.58 bits per heavy atom. The van der Waals surface area contributed by atoms with Crippen molar-refractivity contribution in [2.45, 2.75) is 31.3 Å². The van der Waals surface area contributed by atoms with Crippen LogP contribution < -0.4 is 10.2 Å². The number of ether oxygens (including phenoxy) is 2. The minimum absolute atomic E-state index is 0.0237. The molecule has 38 heavy (non-hydrogen) atoms. The number of likely N-dealkylation sites (tertiary alicyclic amines) is 1. The highest BCUT2D eigenvalue weighted by Gasteiger charge is 2.35. The van der Waals surface area contributed by atoms with Crippen LogP contribution in [0.5, 0.6) is 5.75 Å². The summed E-state index contributed by atoms with van der Waals surface area (Å²) in [6, 6.07) is 5.88. The predicted molar refractivity (Wildman–Crippen MR) is 139 cm³/mol. The third-order valence-corrected chi connectivity index (χ3v) is 7.16. The largest absolute Gasteiger partial charge is 0.496 e. The van der Waals surface area contributed by atoms with E-state index in [0.717, 1.165) is 0 Å². The summed E-state index contributed by atoms with van der Waals surface area (Å²) in [7, 11) is 2.91. The number of aliphatic hydroxyl groups is 1. The summed E-state index contributed by atoms with van der Waals surface area (Å²) in [6.45, 7) is 0.284. The number of hydrogen-bond acceptors (Lipinski definition) is 6. The number of benzene rings is 2. The lowest BCUT2D eigenvalue weighted by atomic mass is 9.93. The molecular weight excluding hydrogens is 519 g/mol. The van der Waals surface area contributed by atoms with Crippen LogP contribution in [0, 0.1) is 5.82 Å². The Balaban J connectivity index is 2.06. The molecule has 1 aromatic heterocycles. The van der Waals surface area contributed by atoms with E-state index in [-0.39, 0.29) is 47.3 Å². The van der Waals surface area contributed by atoms with Gasteiger partial charge in [-0.3, -0.25) is 9.59 Å². The molecule has 0 radical (unpaired) electrons. The highest BCUT2D eigenvalue weighted by Crippen LogP contribution is 2.41. The molecule has 0 aliphatic carbocycles. The molecule has 1 fully saturated rings. The summed E-state index contributed by atoms with van der Waals surface area (Å²) in [5.74, 6) is -2.09. The SMILES string of the molecule is COCC[C@@H](CO)n1cc(C(=O)O)c(=O)c2cc(C(c3cccc(Cl)c3F)N3CCCC3=O)c(OC)cc21. The van der Waals surface area contributed by atoms with Crippen LogP contribution >= 0.6 is 11.6 Å². The van der Waals surface area contributed by atoms with Crippen LogP contribution in [0.1, 0.15) is 52.8 Å². The van der Waals surface area contributed by atoms with Crippen LogP contribution in [-0.2, 0) is 9.53 Å². The zero-order valence-electron chi connectivity index (χ0n) is 20.9. The monoisotopic (exact) mass is 546 g/mol. The summed E-state index contributed by atoms with van der Waals surface area (Å²) in [5, 5.41) is 19.7. The number of hydrogen-bond donors (Lipinski definition) is 2. The molecule has 2 aromatic carbocycles. The van der Waals surface area contributed by atoms with Crippen molar-refractivity contribution < 1.29 is 33.7 Å². The number of nitrogens with zero attached hydrogens (tertiary/aromatic N) is 2. The Hall–Kier alpha value is -3.47. The number of fused-ring (bicyclic) bond motifs is 1. The molecule has 1 amide bonds. The van der Waals surface area contributed by atoms with E-state index in [9.17, 15) is 24.6 Å². The van der Waals surface area contributed by atoms with E-state index in [2.05, 4.69) is 0 Å². The summed E-state index contributed by atoms with van der Waals surface area (Å²) in [5.41, 5.74) is -0.510. The van der Waals surface area contributed by atoms with Gasteiger partial charge in [0.2, 0.25) is 11.3 Å². The average Bonchev–Trinajstić information content (AvgIpc) is 3.32. The first-order valence-electron chi connectivity index (χ1n) is 12.1. The molecule has 1 unspecified atom stereocenters. The van der Waals surface area contributed by atoms with Gasteiger partial charge in [0.15, 0.2) is 0 Å². The third-order valence-electron chi connectivity index (χ3n) is 6.87. The Kier molecular flexibility index (Phi) is 8.35. The number of halogens is 2. The molecule has 1 saturated heterocycles. The van der Waals surface area contributed by atoms with Gasteiger partial charge < -0.3 is 29.2 Å². The number of carbonyl (C=O) groups excluding carboxylic acids is 1. The number of rotatable bonds is 10. The fourth-order valence-electron chi connectivity index (χ4n) is 4.99. The molecule has 1 aliphatic heterocycles. The number of carbonyl (C=O) groups is 2. The van der Waals surface area contributed by atoms with E-state index in [1.807, 2.05) is 0 Å². The van der Waals surface area contributed by atoms with Crippen LogP contribution in [0.2, 0.25) is 5.02 Å². The Labute approximate surface area is 223 Å². The maximum Gasteiger partial charge on any atom is 0.341 e. The maximum absolute atomic E-state index is 15.4. The highest BCUT2D eigenvalue weighted by atomic mass is 35.5. The van der Waals surface area contributed by atoms with E-state index in [1.165, 1.54) is 48.1 Å². The first-order chi connectivity index (χ1) is 18.2. The summed E-state index contributed by atoms with van der Waals surface area (Å²) in [6.07, 6.45) is 2.39. The summed E-state index contributed by atoms with van der Waals surface area (Å²) < 4.78 is 27.7. The van der Waals surface area contributed by atoms with Crippen molar-refractivity contribution in [3.8, 4) is 5.75 Å². The minimum atomic E-state index is -1.43. The Bertz CT molecular complexity index is 1440. The van der Waals surface area contributed by atoms with Crippen molar-refractivity contribution in [1.82, 2.24) is 9.47 Å². The fraction of sp³-hybridized carbons (Fsp3) is 0.370. The molecule has 0 bridgehead atoms. The van der Waals surface area contributed by atoms with Gasteiger partial charge in [-0.25, -0.2) is 9.18 Å². The minimum Gasteiger partial charge on any atom is -0.496 e. The molecule has 4 rings (SSSR count). The van der Waals surface area contributed by atoms with Gasteiger partial charge >= 0.3 is 5.97 Å². The quantitative estimate of drug-likeness (QED) is 0.397. The van der Waals surface area contributed by atoms with Crippen LogP contribution in [0.25, 0.3) is 10.9 Å². The van der Waals surface area contributed by atoms with Crippen LogP contribution in [-0.4, -0.2) is 65.5 Å². The smallest absolute Gasteiger partial charge is 0.341 e. The van der Waals surface area contributed by atoms with E-state index in [4.69, 9.17) is 21.1 Å². The topological polar surface area (TPSA) is 118 Å². The number of carboxylic acid groups (broad SMARTS) is 1. The number of aromatic carboxylic acids is 1. The van der Waals surface area contributed by atoms with Crippen molar-refractivity contribution >= 4 is 34.4 Å². The summed E-state index contributed by atoms with van der Waals surface area (Å²) in [4.78, 5) is 39.7. The fourth-order valence-corrected chi connectivity index (χ4v) is 5.17. The molecular formula is C27H28ClFN2O7. The highest BCUT2D eigenvalue weighted by molar-refractivity contribution is 6.30. The van der Waals surface area contributed by atoms with Crippen molar-refractivity contribution in [1.29, 1.82) is 0 Å². The van der Waals surface area contributed by atoms with Crippen molar-refractivity contribution in [3.63, 3.8) is 0 Å². The van der Waals surface area contributed by atoms with E-state index in [1.54, 1.807) is 12.1 Å². The average molecular weight is 547 g/mol. The molecule has 1 aliphatic rings. The van der Waals surface area contributed by atoms with Gasteiger partial charge in [-0.1, -0.05) is 23.7 Å². The van der Waals surface area contributed by atoms with Crippen molar-refractivity contribution in [3.05, 3.63) is 74.3 Å². The standard InChI is InChI=1S/C27H28ClFN2O7/c1-37-10-8-15(14-32)31-13-19(27(35)36)26(34)17-11-18(22(38-2)12-21(17)31)25(30-9-4-7-23(30)33)16-5-3-6-20(28)24(16)29/h3,5-6,11-13,15,25,32H,4,7-10,14H2,1-2H3,(H,35,36)/t15-,25?/m0/s1. The second kappa shape index (κ2) is 11.5. The number of amides is 1. The Morgan fingerprint density at radius 2 is 1.97 bits per heavy atom. The molecule has 2 heterocycles. The first kappa shape index (κ1) is 27.6. The van der Waals surface area contributed by atoms with Gasteiger partial charge in [0.1, 0.15) is 17.1 Å². The van der Waals surface area contributed by atoms with Gasteiger partial charge in [-0.05, 0) is 25.0 Å². The van der Waals surface area contributed by atoms with Crippen molar-refractivity contribution in [2.75, 3.05) is 34.0 Å². The lowest BCUT2D eigenvalue weighted by molar-refractivity contribution is -0.129. The van der Waals surface area contributed by atoms with E-state index >= 15 is 4.39 Å². The molecule has 0 saturated carbocycles. The van der Waals surface area contributed by atoms with E-state index in [0.29, 0.717) is 30.5 Å². The van der Waals surface area contributed by atoms with Crippen LogP contribution in [0.15, 0.2) is 41.3 Å². The zero-order chi connectivity index (χ0) is 27.6. The molecule has 11 heteroatoms. The lowest BCUT2D eigenvalue weighted by Crippen LogP contribution is -2.32. The molecule has 202 valence electrons. The number of aliphatic hydroxyl groups excluding tert-OH is 1. The van der Waals surface area contributed by atoms with Gasteiger partial charge in [-0.15, -0.1) is 0 Å². The maximum atomic E-state index is 15.4. The third kappa shape index (κ3) is 4.99. The van der Waals surface area contributed by atoms with Crippen LogP contribution in [0.3, 0.4) is 0 Å². The van der Waals surface area contributed by atoms with E-state index < -0.39 is 34.9 Å². The lowest BCUT2D eigenvalue weighted by Gasteiger charge is -2.31. The number of carboxylic acids is 1. The number of methoxy groups -OCH3 is 2. The number of aromatic nitrogens is 1.